The third-order valence-electron chi connectivity index (χ3n) is 4.05. The normalized spacial score (nSPS) is 14.5. The largest absolute Gasteiger partial charge is 0.497 e. The molecule has 1 aliphatic carbocycles. The maximum atomic E-state index is 12.4. The van der Waals surface area contributed by atoms with Crippen LogP contribution in [0.15, 0.2) is 42.6 Å². The van der Waals surface area contributed by atoms with E-state index in [2.05, 4.69) is 15.6 Å². The van der Waals surface area contributed by atoms with E-state index in [0.29, 0.717) is 23.2 Å². The highest BCUT2D eigenvalue weighted by atomic mass is 16.5. The predicted octanol–water partition coefficient (Wildman–Crippen LogP) is 3.70. The van der Waals surface area contributed by atoms with Crippen molar-refractivity contribution in [3.8, 4) is 5.75 Å². The average molecular weight is 311 g/mol. The lowest BCUT2D eigenvalue weighted by Gasteiger charge is -2.14. The first-order valence-electron chi connectivity index (χ1n) is 7.92. The fraction of sp³-hybridized carbons (Fsp3) is 0.333. The summed E-state index contributed by atoms with van der Waals surface area (Å²) >= 11 is 0. The van der Waals surface area contributed by atoms with E-state index in [0.717, 1.165) is 5.69 Å². The number of pyridine rings is 1. The van der Waals surface area contributed by atoms with E-state index in [1.165, 1.54) is 25.7 Å². The van der Waals surface area contributed by atoms with Gasteiger partial charge in [-0.1, -0.05) is 18.9 Å². The Balaban J connectivity index is 1.68. The van der Waals surface area contributed by atoms with Crippen molar-refractivity contribution in [3.63, 3.8) is 0 Å². The second-order valence-electron chi connectivity index (χ2n) is 5.74. The molecule has 1 aromatic carbocycles. The second-order valence-corrected chi connectivity index (χ2v) is 5.74. The van der Waals surface area contributed by atoms with Crippen LogP contribution >= 0.6 is 0 Å². The van der Waals surface area contributed by atoms with E-state index < -0.39 is 0 Å². The first-order valence-corrected chi connectivity index (χ1v) is 7.92. The van der Waals surface area contributed by atoms with Gasteiger partial charge in [0.05, 0.1) is 7.11 Å². The van der Waals surface area contributed by atoms with Gasteiger partial charge < -0.3 is 15.4 Å². The number of hydrogen-bond donors (Lipinski definition) is 2. The van der Waals surface area contributed by atoms with E-state index >= 15 is 0 Å². The van der Waals surface area contributed by atoms with Crippen LogP contribution in [-0.2, 0) is 0 Å². The predicted molar refractivity (Wildman–Crippen MR) is 91.1 cm³/mol. The summed E-state index contributed by atoms with van der Waals surface area (Å²) in [6, 6.07) is 11.5. The summed E-state index contributed by atoms with van der Waals surface area (Å²) in [6.45, 7) is 0. The molecule has 5 heteroatoms. The number of carbonyl (C=O) groups is 1. The molecule has 2 aromatic rings. The monoisotopic (exact) mass is 311 g/mol. The molecule has 0 radical (unpaired) electrons. The molecule has 1 heterocycles. The maximum absolute atomic E-state index is 12.4. The summed E-state index contributed by atoms with van der Waals surface area (Å²) in [6.07, 6.45) is 6.58. The minimum absolute atomic E-state index is 0.228. The molecule has 0 saturated heterocycles. The van der Waals surface area contributed by atoms with Crippen molar-refractivity contribution < 1.29 is 9.53 Å². The van der Waals surface area contributed by atoms with Crippen molar-refractivity contribution >= 4 is 17.3 Å². The molecule has 1 aliphatic rings. The molecule has 0 atom stereocenters. The molecule has 120 valence electrons. The molecular formula is C18H21N3O2. The molecule has 1 saturated carbocycles. The number of anilines is 2. The number of ether oxygens (including phenoxy) is 1. The molecular weight excluding hydrogens is 290 g/mol. The molecule has 0 unspecified atom stereocenters. The first kappa shape index (κ1) is 15.3. The van der Waals surface area contributed by atoms with Gasteiger partial charge in [-0.05, 0) is 37.1 Å². The highest BCUT2D eigenvalue weighted by Crippen LogP contribution is 2.22. The fourth-order valence-corrected chi connectivity index (χ4v) is 2.85. The molecule has 1 amide bonds. The number of aromatic nitrogens is 1. The molecule has 1 aromatic heterocycles. The van der Waals surface area contributed by atoms with Crippen LogP contribution in [-0.4, -0.2) is 24.0 Å². The molecule has 0 spiro atoms. The van der Waals surface area contributed by atoms with Crippen LogP contribution < -0.4 is 15.4 Å². The van der Waals surface area contributed by atoms with Gasteiger partial charge in [-0.3, -0.25) is 9.78 Å². The average Bonchev–Trinajstić information content (AvgIpc) is 3.08. The first-order chi connectivity index (χ1) is 11.2. The molecule has 3 rings (SSSR count). The van der Waals surface area contributed by atoms with Gasteiger partial charge in [0.2, 0.25) is 0 Å². The number of carbonyl (C=O) groups excluding carboxylic acids is 1. The van der Waals surface area contributed by atoms with Crippen LogP contribution in [0.5, 0.6) is 5.75 Å². The smallest absolute Gasteiger partial charge is 0.274 e. The molecule has 2 N–H and O–H groups in total. The summed E-state index contributed by atoms with van der Waals surface area (Å²) in [7, 11) is 1.60. The van der Waals surface area contributed by atoms with E-state index in [1.54, 1.807) is 25.4 Å². The summed E-state index contributed by atoms with van der Waals surface area (Å²) in [5, 5.41) is 6.32. The lowest BCUT2D eigenvalue weighted by Crippen LogP contribution is -2.17. The number of benzene rings is 1. The lowest BCUT2D eigenvalue weighted by molar-refractivity contribution is 0.102. The number of methoxy groups -OCH3 is 1. The SMILES string of the molecule is COc1cccc(NC(=O)c2cc(NC3CCCC3)ccn2)c1. The second kappa shape index (κ2) is 7.13. The zero-order valence-electron chi connectivity index (χ0n) is 13.2. The molecule has 0 bridgehead atoms. The summed E-state index contributed by atoms with van der Waals surface area (Å²) in [5.74, 6) is 0.473. The maximum Gasteiger partial charge on any atom is 0.274 e. The number of hydrogen-bond acceptors (Lipinski definition) is 4. The van der Waals surface area contributed by atoms with Gasteiger partial charge in [-0.25, -0.2) is 0 Å². The van der Waals surface area contributed by atoms with E-state index in [-0.39, 0.29) is 5.91 Å². The topological polar surface area (TPSA) is 63.2 Å². The van der Waals surface area contributed by atoms with Crippen molar-refractivity contribution in [2.45, 2.75) is 31.7 Å². The van der Waals surface area contributed by atoms with Gasteiger partial charge in [0.25, 0.3) is 5.91 Å². The zero-order valence-corrected chi connectivity index (χ0v) is 13.2. The fourth-order valence-electron chi connectivity index (χ4n) is 2.85. The van der Waals surface area contributed by atoms with Gasteiger partial charge in [0.1, 0.15) is 11.4 Å². The lowest BCUT2D eigenvalue weighted by atomic mass is 10.2. The summed E-state index contributed by atoms with van der Waals surface area (Å²) < 4.78 is 5.16. The molecule has 1 fully saturated rings. The Bertz CT molecular complexity index is 681. The van der Waals surface area contributed by atoms with Crippen molar-refractivity contribution in [1.82, 2.24) is 4.98 Å². The van der Waals surface area contributed by atoms with Crippen molar-refractivity contribution in [1.29, 1.82) is 0 Å². The van der Waals surface area contributed by atoms with Gasteiger partial charge >= 0.3 is 0 Å². The van der Waals surface area contributed by atoms with Crippen LogP contribution in [0.25, 0.3) is 0 Å². The minimum atomic E-state index is -0.228. The van der Waals surface area contributed by atoms with Gasteiger partial charge in [0.15, 0.2) is 0 Å². The van der Waals surface area contributed by atoms with Crippen molar-refractivity contribution in [2.75, 3.05) is 17.7 Å². The van der Waals surface area contributed by atoms with E-state index in [1.807, 2.05) is 24.3 Å². The summed E-state index contributed by atoms with van der Waals surface area (Å²) in [4.78, 5) is 16.5. The summed E-state index contributed by atoms with van der Waals surface area (Å²) in [5.41, 5.74) is 2.03. The molecule has 5 nitrogen and oxygen atoms in total. The van der Waals surface area contributed by atoms with Crippen molar-refractivity contribution in [2.24, 2.45) is 0 Å². The standard InChI is InChI=1S/C18H21N3O2/c1-23-16-8-4-7-14(11-16)21-18(22)17-12-15(9-10-19-17)20-13-5-2-3-6-13/h4,7-13H,2-3,5-6H2,1H3,(H,19,20)(H,21,22). The quantitative estimate of drug-likeness (QED) is 0.884. The number of nitrogens with zero attached hydrogens (tertiary/aromatic N) is 1. The van der Waals surface area contributed by atoms with E-state index in [9.17, 15) is 4.79 Å². The highest BCUT2D eigenvalue weighted by molar-refractivity contribution is 6.03. The Hall–Kier alpha value is -2.56. The molecule has 0 aliphatic heterocycles. The number of rotatable bonds is 5. The zero-order chi connectivity index (χ0) is 16.1. The molecule has 23 heavy (non-hydrogen) atoms. The number of amides is 1. The van der Waals surface area contributed by atoms with E-state index in [4.69, 9.17) is 4.74 Å². The Kier molecular flexibility index (Phi) is 4.76. The Morgan fingerprint density at radius 2 is 2.00 bits per heavy atom. The van der Waals surface area contributed by atoms with Gasteiger partial charge in [-0.2, -0.15) is 0 Å². The van der Waals surface area contributed by atoms with Crippen LogP contribution in [0.1, 0.15) is 36.2 Å². The van der Waals surface area contributed by atoms with Crippen molar-refractivity contribution in [3.05, 3.63) is 48.3 Å². The Labute approximate surface area is 136 Å². The van der Waals surface area contributed by atoms with Crippen LogP contribution in [0.4, 0.5) is 11.4 Å². The third kappa shape index (κ3) is 4.00. The van der Waals surface area contributed by atoms with Gasteiger partial charge in [0, 0.05) is 29.7 Å². The highest BCUT2D eigenvalue weighted by Gasteiger charge is 2.15. The Morgan fingerprint density at radius 3 is 2.78 bits per heavy atom. The Morgan fingerprint density at radius 1 is 1.17 bits per heavy atom. The third-order valence-corrected chi connectivity index (χ3v) is 4.05. The van der Waals surface area contributed by atoms with Gasteiger partial charge in [-0.15, -0.1) is 0 Å². The van der Waals surface area contributed by atoms with Crippen LogP contribution in [0, 0.1) is 0 Å². The number of nitrogens with one attached hydrogen (secondary N) is 2. The minimum Gasteiger partial charge on any atom is -0.497 e. The van der Waals surface area contributed by atoms with Crippen LogP contribution in [0.3, 0.4) is 0 Å². The van der Waals surface area contributed by atoms with Crippen LogP contribution in [0.2, 0.25) is 0 Å².